The van der Waals surface area contributed by atoms with E-state index in [-0.39, 0.29) is 10.6 Å². The molecule has 0 unspecified atom stereocenters. The molecule has 2 rings (SSSR count). The summed E-state index contributed by atoms with van der Waals surface area (Å²) in [7, 11) is 4.21. The number of hydrogen-bond donors (Lipinski definition) is 2. The minimum atomic E-state index is -0.479. The Morgan fingerprint density at radius 3 is 2.58 bits per heavy atom. The number of likely N-dealkylation sites (N-methyl/N-ethyl adjacent to an activating group) is 1. The molecule has 0 saturated heterocycles. The Kier molecular flexibility index (Phi) is 4.21. The molecule has 0 heterocycles. The molecule has 1 aliphatic rings. The Morgan fingerprint density at radius 1 is 1.37 bits per heavy atom. The van der Waals surface area contributed by atoms with E-state index in [1.807, 2.05) is 0 Å². The van der Waals surface area contributed by atoms with Gasteiger partial charge in [0.15, 0.2) is 0 Å². The van der Waals surface area contributed by atoms with Crippen molar-refractivity contribution in [1.29, 1.82) is 0 Å². The largest absolute Gasteiger partial charge is 0.397 e. The van der Waals surface area contributed by atoms with Crippen molar-refractivity contribution in [3.63, 3.8) is 0 Å². The van der Waals surface area contributed by atoms with Gasteiger partial charge in [0.25, 0.3) is 0 Å². The van der Waals surface area contributed by atoms with Crippen LogP contribution in [0.2, 0.25) is 5.02 Å². The fourth-order valence-electron chi connectivity index (χ4n) is 2.79. The SMILES string of the molecule is CN(C)C1(CNc2cc(Cl)c(F)cc2N)CCCC1. The number of nitrogens with zero attached hydrogens (tertiary/aromatic N) is 1. The Hall–Kier alpha value is -1.00. The molecule has 1 aromatic carbocycles. The van der Waals surface area contributed by atoms with Crippen LogP contribution in [0.1, 0.15) is 25.7 Å². The normalized spacial score (nSPS) is 17.9. The second-order valence-corrected chi connectivity index (χ2v) is 5.94. The van der Waals surface area contributed by atoms with Crippen LogP contribution in [0.4, 0.5) is 15.8 Å². The van der Waals surface area contributed by atoms with Gasteiger partial charge in [0.05, 0.1) is 16.4 Å². The summed E-state index contributed by atoms with van der Waals surface area (Å²) in [4.78, 5) is 2.27. The first-order chi connectivity index (χ1) is 8.94. The summed E-state index contributed by atoms with van der Waals surface area (Å²) in [6.45, 7) is 0.798. The number of anilines is 2. The molecule has 0 bridgehead atoms. The van der Waals surface area contributed by atoms with E-state index >= 15 is 0 Å². The summed E-state index contributed by atoms with van der Waals surface area (Å²) in [5.74, 6) is -0.479. The number of rotatable bonds is 4. The summed E-state index contributed by atoms with van der Waals surface area (Å²) in [6, 6.07) is 2.83. The van der Waals surface area contributed by atoms with E-state index in [0.29, 0.717) is 11.4 Å². The molecule has 5 heteroatoms. The van der Waals surface area contributed by atoms with Crippen molar-refractivity contribution in [2.75, 3.05) is 31.7 Å². The van der Waals surface area contributed by atoms with Gasteiger partial charge in [-0.3, -0.25) is 0 Å². The molecule has 0 spiro atoms. The third-order valence-electron chi connectivity index (χ3n) is 4.18. The molecule has 0 aromatic heterocycles. The quantitative estimate of drug-likeness (QED) is 0.834. The molecule has 1 fully saturated rings. The maximum atomic E-state index is 13.3. The molecule has 106 valence electrons. The number of hydrogen-bond acceptors (Lipinski definition) is 3. The van der Waals surface area contributed by atoms with E-state index in [4.69, 9.17) is 17.3 Å². The van der Waals surface area contributed by atoms with Gasteiger partial charge in [-0.1, -0.05) is 24.4 Å². The minimum absolute atomic E-state index is 0.0991. The third-order valence-corrected chi connectivity index (χ3v) is 4.47. The van der Waals surface area contributed by atoms with Gasteiger partial charge in [0.2, 0.25) is 0 Å². The minimum Gasteiger partial charge on any atom is -0.397 e. The van der Waals surface area contributed by atoms with Gasteiger partial charge in [0, 0.05) is 18.2 Å². The van der Waals surface area contributed by atoms with Gasteiger partial charge < -0.3 is 16.0 Å². The van der Waals surface area contributed by atoms with Gasteiger partial charge >= 0.3 is 0 Å². The lowest BCUT2D eigenvalue weighted by molar-refractivity contribution is 0.172. The zero-order valence-electron chi connectivity index (χ0n) is 11.5. The van der Waals surface area contributed by atoms with Gasteiger partial charge in [-0.25, -0.2) is 4.39 Å². The second-order valence-electron chi connectivity index (χ2n) is 5.53. The first-order valence-corrected chi connectivity index (χ1v) is 6.98. The zero-order valence-corrected chi connectivity index (χ0v) is 12.2. The van der Waals surface area contributed by atoms with Crippen molar-refractivity contribution >= 4 is 23.0 Å². The highest BCUT2D eigenvalue weighted by molar-refractivity contribution is 6.31. The fourth-order valence-corrected chi connectivity index (χ4v) is 2.95. The zero-order chi connectivity index (χ0) is 14.0. The van der Waals surface area contributed by atoms with Crippen molar-refractivity contribution < 1.29 is 4.39 Å². The molecule has 0 radical (unpaired) electrons. The highest BCUT2D eigenvalue weighted by atomic mass is 35.5. The Balaban J connectivity index is 2.11. The molecule has 1 saturated carbocycles. The third kappa shape index (κ3) is 2.95. The molecular formula is C14H21ClFN3. The summed E-state index contributed by atoms with van der Waals surface area (Å²) in [5, 5.41) is 3.43. The van der Waals surface area contributed by atoms with Crippen LogP contribution in [-0.2, 0) is 0 Å². The van der Waals surface area contributed by atoms with E-state index in [9.17, 15) is 4.39 Å². The Morgan fingerprint density at radius 2 is 2.00 bits per heavy atom. The molecule has 0 atom stereocenters. The first-order valence-electron chi connectivity index (χ1n) is 6.60. The van der Waals surface area contributed by atoms with E-state index in [1.54, 1.807) is 6.07 Å². The number of nitrogens with two attached hydrogens (primary N) is 1. The molecule has 1 aromatic rings. The molecule has 0 aliphatic heterocycles. The van der Waals surface area contributed by atoms with E-state index in [0.717, 1.165) is 6.54 Å². The summed E-state index contributed by atoms with van der Waals surface area (Å²) >= 11 is 5.80. The van der Waals surface area contributed by atoms with Crippen LogP contribution in [0.3, 0.4) is 0 Å². The predicted octanol–water partition coefficient (Wildman–Crippen LogP) is 3.35. The van der Waals surface area contributed by atoms with Crippen LogP contribution >= 0.6 is 11.6 Å². The fraction of sp³-hybridized carbons (Fsp3) is 0.571. The van der Waals surface area contributed by atoms with Gasteiger partial charge in [-0.15, -0.1) is 0 Å². The Bertz CT molecular complexity index is 456. The Labute approximate surface area is 118 Å². The molecule has 3 nitrogen and oxygen atoms in total. The van der Waals surface area contributed by atoms with Gasteiger partial charge in [-0.05, 0) is 33.0 Å². The van der Waals surface area contributed by atoms with Crippen molar-refractivity contribution in [3.8, 4) is 0 Å². The van der Waals surface area contributed by atoms with Crippen LogP contribution in [-0.4, -0.2) is 31.1 Å². The van der Waals surface area contributed by atoms with Crippen molar-refractivity contribution in [1.82, 2.24) is 4.90 Å². The molecule has 0 amide bonds. The van der Waals surface area contributed by atoms with Crippen LogP contribution in [0.5, 0.6) is 0 Å². The highest BCUT2D eigenvalue weighted by Gasteiger charge is 2.35. The first kappa shape index (κ1) is 14.4. The lowest BCUT2D eigenvalue weighted by atomic mass is 9.96. The molecular weight excluding hydrogens is 265 g/mol. The van der Waals surface area contributed by atoms with Crippen LogP contribution in [0.25, 0.3) is 0 Å². The van der Waals surface area contributed by atoms with Crippen molar-refractivity contribution in [2.45, 2.75) is 31.2 Å². The monoisotopic (exact) mass is 285 g/mol. The lowest BCUT2D eigenvalue weighted by Gasteiger charge is -2.37. The van der Waals surface area contributed by atoms with Crippen LogP contribution < -0.4 is 11.1 Å². The highest BCUT2D eigenvalue weighted by Crippen LogP contribution is 2.35. The number of nitrogen functional groups attached to an aromatic ring is 1. The van der Waals surface area contributed by atoms with Crippen molar-refractivity contribution in [3.05, 3.63) is 23.0 Å². The standard InChI is InChI=1S/C14H21ClFN3/c1-19(2)14(5-3-4-6-14)9-18-13-7-10(15)11(16)8-12(13)17/h7-8,18H,3-6,9,17H2,1-2H3. The average molecular weight is 286 g/mol. The molecule has 3 N–H and O–H groups in total. The smallest absolute Gasteiger partial charge is 0.143 e. The van der Waals surface area contributed by atoms with Gasteiger partial charge in [0.1, 0.15) is 5.82 Å². The average Bonchev–Trinajstić information content (AvgIpc) is 2.82. The number of halogens is 2. The number of nitrogens with one attached hydrogen (secondary N) is 1. The van der Waals surface area contributed by atoms with Crippen LogP contribution in [0, 0.1) is 5.82 Å². The maximum Gasteiger partial charge on any atom is 0.143 e. The second kappa shape index (κ2) is 5.55. The molecule has 19 heavy (non-hydrogen) atoms. The van der Waals surface area contributed by atoms with Crippen molar-refractivity contribution in [2.24, 2.45) is 0 Å². The molecule has 1 aliphatic carbocycles. The topological polar surface area (TPSA) is 41.3 Å². The van der Waals surface area contributed by atoms with E-state index in [1.165, 1.54) is 31.7 Å². The van der Waals surface area contributed by atoms with Crippen LogP contribution in [0.15, 0.2) is 12.1 Å². The summed E-state index contributed by atoms with van der Waals surface area (Å²) in [5.41, 5.74) is 7.08. The predicted molar refractivity (Wildman–Crippen MR) is 79.2 cm³/mol. The summed E-state index contributed by atoms with van der Waals surface area (Å²) in [6.07, 6.45) is 4.84. The van der Waals surface area contributed by atoms with E-state index < -0.39 is 5.82 Å². The summed E-state index contributed by atoms with van der Waals surface area (Å²) < 4.78 is 13.3. The number of benzene rings is 1. The lowest BCUT2D eigenvalue weighted by Crippen LogP contribution is -2.47. The maximum absolute atomic E-state index is 13.3. The van der Waals surface area contributed by atoms with E-state index in [2.05, 4.69) is 24.3 Å². The van der Waals surface area contributed by atoms with Gasteiger partial charge in [-0.2, -0.15) is 0 Å².